The van der Waals surface area contributed by atoms with Gasteiger partial charge in [-0.3, -0.25) is 10.1 Å². The van der Waals surface area contributed by atoms with E-state index in [2.05, 4.69) is 30.6 Å². The minimum Gasteiger partial charge on any atom is -0.465 e. The monoisotopic (exact) mass is 339 g/mol. The van der Waals surface area contributed by atoms with Gasteiger partial charge in [0.1, 0.15) is 0 Å². The Kier molecular flexibility index (Phi) is 3.84. The number of nitrogens with one attached hydrogen (secondary N) is 1. The smallest absolute Gasteiger partial charge is 0.338 e. The van der Waals surface area contributed by atoms with Crippen LogP contribution in [0.4, 0.5) is 5.69 Å². The van der Waals surface area contributed by atoms with Crippen molar-refractivity contribution in [2.45, 2.75) is 6.92 Å². The molecule has 0 spiro atoms. The number of H-pyrrole nitrogens is 1. The van der Waals surface area contributed by atoms with Crippen molar-refractivity contribution < 1.29 is 14.5 Å². The number of benzene rings is 1. The quantitative estimate of drug-likeness (QED) is 0.526. The highest BCUT2D eigenvalue weighted by Gasteiger charge is 2.24. The lowest BCUT2D eigenvalue weighted by Gasteiger charge is -2.09. The maximum atomic E-state index is 11.7. The van der Waals surface area contributed by atoms with Gasteiger partial charge in [0.25, 0.3) is 5.69 Å². The molecule has 0 aliphatic heterocycles. The molecule has 0 saturated carbocycles. The third-order valence-corrected chi connectivity index (χ3v) is 3.26. The van der Waals surface area contributed by atoms with Gasteiger partial charge >= 0.3 is 5.97 Å². The number of ether oxygens (including phenoxy) is 1. The summed E-state index contributed by atoms with van der Waals surface area (Å²) in [6.45, 7) is 1.63. The molecule has 1 N–H and O–H groups in total. The minimum absolute atomic E-state index is 0.105. The number of aromatic nitrogens is 2. The Hall–Kier alpha value is -2.22. The number of halogens is 1. The van der Waals surface area contributed by atoms with Crippen LogP contribution in [0, 0.1) is 17.0 Å². The third-order valence-electron chi connectivity index (χ3n) is 2.86. The van der Waals surface area contributed by atoms with Crippen LogP contribution in [0.1, 0.15) is 15.9 Å². The topological polar surface area (TPSA) is 98.1 Å². The number of nitro groups is 1. The predicted octanol–water partition coefficient (Wildman–Crippen LogP) is 2.84. The van der Waals surface area contributed by atoms with Crippen LogP contribution in [0.15, 0.2) is 23.1 Å². The second kappa shape index (κ2) is 5.41. The van der Waals surface area contributed by atoms with Crippen LogP contribution in [-0.2, 0) is 4.74 Å². The normalized spacial score (nSPS) is 10.3. The van der Waals surface area contributed by atoms with Gasteiger partial charge in [-0.1, -0.05) is 0 Å². The van der Waals surface area contributed by atoms with Crippen LogP contribution in [0.25, 0.3) is 11.3 Å². The number of aromatic amines is 1. The van der Waals surface area contributed by atoms with Crippen molar-refractivity contribution in [2.24, 2.45) is 0 Å². The largest absolute Gasteiger partial charge is 0.465 e. The molecule has 104 valence electrons. The molecular weight excluding hydrogens is 330 g/mol. The van der Waals surface area contributed by atoms with Crippen LogP contribution < -0.4 is 0 Å². The van der Waals surface area contributed by atoms with Gasteiger partial charge in [0.05, 0.1) is 35.1 Å². The van der Waals surface area contributed by atoms with Crippen LogP contribution >= 0.6 is 15.9 Å². The molecule has 0 unspecified atom stereocenters. The molecule has 0 fully saturated rings. The van der Waals surface area contributed by atoms with Crippen LogP contribution in [0.2, 0.25) is 0 Å². The van der Waals surface area contributed by atoms with E-state index in [0.29, 0.717) is 21.6 Å². The molecule has 0 bridgehead atoms. The Morgan fingerprint density at radius 1 is 1.50 bits per heavy atom. The van der Waals surface area contributed by atoms with Crippen molar-refractivity contribution in [3.05, 3.63) is 44.3 Å². The summed E-state index contributed by atoms with van der Waals surface area (Å²) in [5.74, 6) is -0.544. The Labute approximate surface area is 122 Å². The van der Waals surface area contributed by atoms with Crippen LogP contribution in [-0.4, -0.2) is 28.0 Å². The highest BCUT2D eigenvalue weighted by Crippen LogP contribution is 2.34. The molecule has 2 aromatic rings. The van der Waals surface area contributed by atoms with E-state index in [1.54, 1.807) is 6.92 Å². The Balaban J connectivity index is 2.73. The highest BCUT2D eigenvalue weighted by molar-refractivity contribution is 9.10. The van der Waals surface area contributed by atoms with Crippen molar-refractivity contribution in [3.63, 3.8) is 0 Å². The molecule has 0 aliphatic carbocycles. The summed E-state index contributed by atoms with van der Waals surface area (Å²) in [6, 6.07) is 2.66. The lowest BCUT2D eigenvalue weighted by Crippen LogP contribution is -2.06. The van der Waals surface area contributed by atoms with Crippen molar-refractivity contribution >= 4 is 27.6 Å². The fourth-order valence-electron chi connectivity index (χ4n) is 1.94. The van der Waals surface area contributed by atoms with Gasteiger partial charge in [0.2, 0.25) is 0 Å². The van der Waals surface area contributed by atoms with Crippen LogP contribution in [0.3, 0.4) is 0 Å². The first-order valence-corrected chi connectivity index (χ1v) is 6.32. The number of nitro benzene ring substituents is 1. The fraction of sp³-hybridized carbons (Fsp3) is 0.167. The maximum absolute atomic E-state index is 11.7. The molecule has 8 heteroatoms. The van der Waals surface area contributed by atoms with E-state index in [0.717, 1.165) is 0 Å². The molecule has 0 amide bonds. The molecule has 0 saturated heterocycles. The molecule has 7 nitrogen and oxygen atoms in total. The summed E-state index contributed by atoms with van der Waals surface area (Å²) in [4.78, 5) is 29.1. The summed E-state index contributed by atoms with van der Waals surface area (Å²) in [6.07, 6.45) is 1.46. The van der Waals surface area contributed by atoms with Crippen molar-refractivity contribution in [3.8, 4) is 11.3 Å². The SMILES string of the molecule is COC(=O)c1ccc([N+](=O)[O-])c(-c2cnc(Br)[nH]2)c1C. The number of rotatable bonds is 3. The van der Waals surface area contributed by atoms with E-state index in [1.807, 2.05) is 0 Å². The molecule has 1 aromatic carbocycles. The van der Waals surface area contributed by atoms with Gasteiger partial charge in [-0.05, 0) is 34.5 Å². The van der Waals surface area contributed by atoms with E-state index in [4.69, 9.17) is 0 Å². The zero-order chi connectivity index (χ0) is 14.9. The first-order chi connectivity index (χ1) is 9.45. The highest BCUT2D eigenvalue weighted by atomic mass is 79.9. The van der Waals surface area contributed by atoms with Gasteiger partial charge in [0, 0.05) is 6.07 Å². The average molecular weight is 340 g/mol. The second-order valence-electron chi connectivity index (χ2n) is 3.97. The molecule has 0 radical (unpaired) electrons. The Bertz CT molecular complexity index is 696. The average Bonchev–Trinajstić information content (AvgIpc) is 2.83. The number of imidazole rings is 1. The number of hydrogen-bond donors (Lipinski definition) is 1. The van der Waals surface area contributed by atoms with Gasteiger partial charge in [-0.25, -0.2) is 9.78 Å². The van der Waals surface area contributed by atoms with Crippen molar-refractivity contribution in [1.29, 1.82) is 0 Å². The lowest BCUT2D eigenvalue weighted by molar-refractivity contribution is -0.384. The molecule has 2 rings (SSSR count). The van der Waals surface area contributed by atoms with Gasteiger partial charge in [-0.15, -0.1) is 0 Å². The van der Waals surface area contributed by atoms with E-state index in [1.165, 1.54) is 25.4 Å². The summed E-state index contributed by atoms with van der Waals surface area (Å²) in [5, 5.41) is 11.1. The zero-order valence-corrected chi connectivity index (χ0v) is 12.2. The predicted molar refractivity (Wildman–Crippen MR) is 74.5 cm³/mol. The number of methoxy groups -OCH3 is 1. The summed E-state index contributed by atoms with van der Waals surface area (Å²) in [5.41, 5.74) is 1.40. The van der Waals surface area contributed by atoms with Crippen molar-refractivity contribution in [1.82, 2.24) is 9.97 Å². The zero-order valence-electron chi connectivity index (χ0n) is 10.6. The number of nitrogens with zero attached hydrogens (tertiary/aromatic N) is 2. The minimum atomic E-state index is -0.544. The van der Waals surface area contributed by atoms with E-state index in [9.17, 15) is 14.9 Å². The van der Waals surface area contributed by atoms with Gasteiger partial charge in [0.15, 0.2) is 4.73 Å². The summed E-state index contributed by atoms with van der Waals surface area (Å²) >= 11 is 3.15. The Morgan fingerprint density at radius 3 is 2.70 bits per heavy atom. The molecule has 1 heterocycles. The fourth-order valence-corrected chi connectivity index (χ4v) is 2.26. The van der Waals surface area contributed by atoms with Gasteiger partial charge < -0.3 is 9.72 Å². The maximum Gasteiger partial charge on any atom is 0.338 e. The Morgan fingerprint density at radius 2 is 2.20 bits per heavy atom. The number of esters is 1. The standard InChI is InChI=1S/C12H10BrN3O4/c1-6-7(11(17)20-2)3-4-9(16(18)19)10(6)8-5-14-12(13)15-8/h3-5H,1-2H3,(H,14,15). The van der Waals surface area contributed by atoms with E-state index < -0.39 is 10.9 Å². The van der Waals surface area contributed by atoms with Crippen molar-refractivity contribution in [2.75, 3.05) is 7.11 Å². The number of hydrogen-bond acceptors (Lipinski definition) is 5. The first-order valence-electron chi connectivity index (χ1n) is 5.53. The summed E-state index contributed by atoms with van der Waals surface area (Å²) < 4.78 is 5.12. The molecule has 0 aliphatic rings. The molecular formula is C12H10BrN3O4. The molecule has 1 aromatic heterocycles. The molecule has 0 atom stereocenters. The number of carbonyl (C=O) groups is 1. The molecule has 20 heavy (non-hydrogen) atoms. The number of carbonyl (C=O) groups excluding carboxylic acids is 1. The van der Waals surface area contributed by atoms with Gasteiger partial charge in [-0.2, -0.15) is 0 Å². The third kappa shape index (κ3) is 2.42. The summed E-state index contributed by atoms with van der Waals surface area (Å²) in [7, 11) is 1.26. The first kappa shape index (κ1) is 14.2. The van der Waals surface area contributed by atoms with E-state index in [-0.39, 0.29) is 11.3 Å². The van der Waals surface area contributed by atoms with E-state index >= 15 is 0 Å². The van der Waals surface area contributed by atoms with Crippen LogP contribution in [0.5, 0.6) is 0 Å². The second-order valence-corrected chi connectivity index (χ2v) is 4.72. The lowest BCUT2D eigenvalue weighted by atomic mass is 9.98.